The highest BCUT2D eigenvalue weighted by molar-refractivity contribution is 7.98. The van der Waals surface area contributed by atoms with Crippen LogP contribution < -0.4 is 5.56 Å². The molecule has 0 spiro atoms. The van der Waals surface area contributed by atoms with Gasteiger partial charge in [0.15, 0.2) is 5.16 Å². The fourth-order valence-corrected chi connectivity index (χ4v) is 3.51. The van der Waals surface area contributed by atoms with Gasteiger partial charge in [0.2, 0.25) is 11.7 Å². The molecule has 0 saturated heterocycles. The zero-order chi connectivity index (χ0) is 18.1. The number of benzene rings is 2. The predicted octanol–water partition coefficient (Wildman–Crippen LogP) is 3.93. The Labute approximate surface area is 157 Å². The summed E-state index contributed by atoms with van der Waals surface area (Å²) in [5.41, 5.74) is 1.38. The van der Waals surface area contributed by atoms with Crippen LogP contribution in [-0.4, -0.2) is 19.7 Å². The molecule has 0 fully saturated rings. The van der Waals surface area contributed by atoms with Crippen LogP contribution >= 0.6 is 23.4 Å². The highest BCUT2D eigenvalue weighted by atomic mass is 35.5. The number of nitrogens with zero attached hydrogens (tertiary/aromatic N) is 4. The van der Waals surface area contributed by atoms with E-state index in [-0.39, 0.29) is 5.56 Å². The summed E-state index contributed by atoms with van der Waals surface area (Å²) in [6, 6.07) is 14.5. The van der Waals surface area contributed by atoms with Crippen LogP contribution in [0.4, 0.5) is 0 Å². The van der Waals surface area contributed by atoms with Gasteiger partial charge in [0.05, 0.1) is 16.7 Å². The summed E-state index contributed by atoms with van der Waals surface area (Å²) in [6.45, 7) is 0. The second-order valence-corrected chi connectivity index (χ2v) is 6.97. The molecule has 26 heavy (non-hydrogen) atoms. The fraction of sp³-hybridized carbons (Fsp3) is 0.111. The van der Waals surface area contributed by atoms with Crippen molar-refractivity contribution in [3.63, 3.8) is 0 Å². The minimum atomic E-state index is -0.0803. The number of fused-ring (bicyclic) bond motifs is 1. The summed E-state index contributed by atoms with van der Waals surface area (Å²) >= 11 is 7.36. The van der Waals surface area contributed by atoms with E-state index < -0.39 is 0 Å². The molecule has 0 radical (unpaired) electrons. The first-order valence-electron chi connectivity index (χ1n) is 7.79. The van der Waals surface area contributed by atoms with Gasteiger partial charge in [-0.3, -0.25) is 9.36 Å². The van der Waals surface area contributed by atoms with E-state index in [0.29, 0.717) is 38.5 Å². The van der Waals surface area contributed by atoms with Crippen LogP contribution in [0.1, 0.15) is 5.89 Å². The van der Waals surface area contributed by atoms with Gasteiger partial charge in [0.25, 0.3) is 5.56 Å². The van der Waals surface area contributed by atoms with E-state index in [0.717, 1.165) is 5.56 Å². The molecule has 2 aromatic carbocycles. The summed E-state index contributed by atoms with van der Waals surface area (Å²) in [5.74, 6) is 1.34. The van der Waals surface area contributed by atoms with E-state index >= 15 is 0 Å². The molecule has 0 aliphatic heterocycles. The Morgan fingerprint density at radius 2 is 2.00 bits per heavy atom. The molecule has 0 unspecified atom stereocenters. The number of halogens is 1. The van der Waals surface area contributed by atoms with Gasteiger partial charge in [-0.05, 0) is 24.3 Å². The van der Waals surface area contributed by atoms with Crippen molar-refractivity contribution < 1.29 is 4.52 Å². The first-order valence-corrected chi connectivity index (χ1v) is 9.15. The number of para-hydroxylation sites is 1. The average molecular weight is 385 g/mol. The SMILES string of the molecule is Cn1c(SCc2nc(-c3cccc(Cl)c3)no2)nc2ccccc2c1=O. The molecule has 0 bridgehead atoms. The summed E-state index contributed by atoms with van der Waals surface area (Å²) in [5, 5.41) is 5.78. The fourth-order valence-electron chi connectivity index (χ4n) is 2.51. The smallest absolute Gasteiger partial charge is 0.261 e. The Morgan fingerprint density at radius 3 is 2.85 bits per heavy atom. The van der Waals surface area contributed by atoms with Crippen LogP contribution in [-0.2, 0) is 12.8 Å². The minimum absolute atomic E-state index is 0.0803. The van der Waals surface area contributed by atoms with Crippen molar-refractivity contribution in [2.24, 2.45) is 7.05 Å². The molecule has 0 aliphatic carbocycles. The molecular formula is C18H13ClN4O2S. The number of hydrogen-bond acceptors (Lipinski definition) is 6. The molecule has 0 amide bonds. The zero-order valence-corrected chi connectivity index (χ0v) is 15.3. The van der Waals surface area contributed by atoms with Gasteiger partial charge in [-0.2, -0.15) is 4.98 Å². The second kappa shape index (κ2) is 6.93. The highest BCUT2D eigenvalue weighted by Gasteiger charge is 2.12. The van der Waals surface area contributed by atoms with Gasteiger partial charge >= 0.3 is 0 Å². The molecule has 6 nitrogen and oxygen atoms in total. The van der Waals surface area contributed by atoms with Crippen LogP contribution in [0.15, 0.2) is 63.0 Å². The van der Waals surface area contributed by atoms with E-state index in [1.54, 1.807) is 25.2 Å². The van der Waals surface area contributed by atoms with Crippen molar-refractivity contribution >= 4 is 34.3 Å². The van der Waals surface area contributed by atoms with Gasteiger partial charge in [-0.15, -0.1) is 0 Å². The highest BCUT2D eigenvalue weighted by Crippen LogP contribution is 2.24. The van der Waals surface area contributed by atoms with Gasteiger partial charge in [-0.25, -0.2) is 4.98 Å². The van der Waals surface area contributed by atoms with Crippen molar-refractivity contribution in [2.75, 3.05) is 0 Å². The third kappa shape index (κ3) is 3.23. The van der Waals surface area contributed by atoms with Gasteiger partial charge < -0.3 is 4.52 Å². The number of aromatic nitrogens is 4. The lowest BCUT2D eigenvalue weighted by atomic mass is 10.2. The average Bonchev–Trinajstić information content (AvgIpc) is 3.13. The summed E-state index contributed by atoms with van der Waals surface area (Å²) in [7, 11) is 1.70. The first kappa shape index (κ1) is 16.8. The van der Waals surface area contributed by atoms with Crippen LogP contribution in [0.2, 0.25) is 5.02 Å². The monoisotopic (exact) mass is 384 g/mol. The van der Waals surface area contributed by atoms with Gasteiger partial charge in [-0.1, -0.05) is 52.8 Å². The molecule has 2 heterocycles. The molecule has 0 aliphatic rings. The van der Waals surface area contributed by atoms with Crippen LogP contribution in [0.25, 0.3) is 22.3 Å². The predicted molar refractivity (Wildman–Crippen MR) is 101 cm³/mol. The lowest BCUT2D eigenvalue weighted by Gasteiger charge is -2.07. The van der Waals surface area contributed by atoms with E-state index in [4.69, 9.17) is 16.1 Å². The van der Waals surface area contributed by atoms with E-state index in [2.05, 4.69) is 15.1 Å². The van der Waals surface area contributed by atoms with Crippen LogP contribution in [0, 0.1) is 0 Å². The standard InChI is InChI=1S/C18H13ClN4O2S/c1-23-17(24)13-7-2-3-8-14(13)20-18(23)26-10-15-21-16(22-25-15)11-5-4-6-12(19)9-11/h2-9H,10H2,1H3. The van der Waals surface area contributed by atoms with Crippen molar-refractivity contribution in [1.82, 2.24) is 19.7 Å². The van der Waals surface area contributed by atoms with E-state index in [9.17, 15) is 4.79 Å². The second-order valence-electron chi connectivity index (χ2n) is 5.59. The van der Waals surface area contributed by atoms with Crippen LogP contribution in [0.3, 0.4) is 0 Å². The Balaban J connectivity index is 1.58. The number of thioether (sulfide) groups is 1. The third-order valence-electron chi connectivity index (χ3n) is 3.82. The zero-order valence-electron chi connectivity index (χ0n) is 13.7. The van der Waals surface area contributed by atoms with Crippen molar-refractivity contribution in [2.45, 2.75) is 10.9 Å². The molecule has 2 aromatic heterocycles. The first-order chi connectivity index (χ1) is 12.6. The summed E-state index contributed by atoms with van der Waals surface area (Å²) < 4.78 is 6.83. The molecule has 0 saturated carbocycles. The Kier molecular flexibility index (Phi) is 4.48. The number of hydrogen-bond donors (Lipinski definition) is 0. The molecule has 0 N–H and O–H groups in total. The molecule has 4 rings (SSSR count). The number of rotatable bonds is 4. The molecular weight excluding hydrogens is 372 g/mol. The van der Waals surface area contributed by atoms with E-state index in [1.807, 2.05) is 30.3 Å². The topological polar surface area (TPSA) is 73.8 Å². The normalized spacial score (nSPS) is 11.2. The third-order valence-corrected chi connectivity index (χ3v) is 5.07. The quantitative estimate of drug-likeness (QED) is 0.392. The van der Waals surface area contributed by atoms with Gasteiger partial charge in [0.1, 0.15) is 0 Å². The summed E-state index contributed by atoms with van der Waals surface area (Å²) in [4.78, 5) is 21.4. The minimum Gasteiger partial charge on any atom is -0.338 e. The maximum absolute atomic E-state index is 12.4. The molecule has 8 heteroatoms. The largest absolute Gasteiger partial charge is 0.338 e. The van der Waals surface area contributed by atoms with E-state index in [1.165, 1.54) is 16.3 Å². The molecule has 4 aromatic rings. The molecule has 130 valence electrons. The van der Waals surface area contributed by atoms with Crippen molar-refractivity contribution in [3.05, 3.63) is 69.8 Å². The van der Waals surface area contributed by atoms with Crippen molar-refractivity contribution in [3.8, 4) is 11.4 Å². The lowest BCUT2D eigenvalue weighted by molar-refractivity contribution is 0.391. The Bertz CT molecular complexity index is 1160. The summed E-state index contributed by atoms with van der Waals surface area (Å²) in [6.07, 6.45) is 0. The lowest BCUT2D eigenvalue weighted by Crippen LogP contribution is -2.19. The van der Waals surface area contributed by atoms with Crippen molar-refractivity contribution in [1.29, 1.82) is 0 Å². The van der Waals surface area contributed by atoms with Crippen LogP contribution in [0.5, 0.6) is 0 Å². The van der Waals surface area contributed by atoms with Gasteiger partial charge in [0, 0.05) is 17.6 Å². The molecule has 0 atom stereocenters. The Hall–Kier alpha value is -2.64. The maximum atomic E-state index is 12.4. The maximum Gasteiger partial charge on any atom is 0.261 e. The Morgan fingerprint density at radius 1 is 1.15 bits per heavy atom.